The van der Waals surface area contributed by atoms with Crippen molar-refractivity contribution in [2.75, 3.05) is 5.32 Å². The lowest BCUT2D eigenvalue weighted by atomic mass is 10.1. The molecular formula is C17H12F3N3O. The molecule has 3 aromatic rings. The summed E-state index contributed by atoms with van der Waals surface area (Å²) in [5.41, 5.74) is 1.28. The molecule has 0 atom stereocenters. The summed E-state index contributed by atoms with van der Waals surface area (Å²) in [6, 6.07) is 11.2. The summed E-state index contributed by atoms with van der Waals surface area (Å²) in [4.78, 5) is 19.0. The van der Waals surface area contributed by atoms with Crippen LogP contribution in [0.4, 0.5) is 18.9 Å². The van der Waals surface area contributed by atoms with E-state index < -0.39 is 17.6 Å². The lowest BCUT2D eigenvalue weighted by Crippen LogP contribution is -2.13. The number of amides is 1. The number of aromatic amines is 1. The Morgan fingerprint density at radius 2 is 1.83 bits per heavy atom. The van der Waals surface area contributed by atoms with Crippen LogP contribution in [0, 0.1) is 0 Å². The third-order valence-corrected chi connectivity index (χ3v) is 3.40. The van der Waals surface area contributed by atoms with Crippen molar-refractivity contribution < 1.29 is 18.0 Å². The highest BCUT2D eigenvalue weighted by Crippen LogP contribution is 2.29. The number of nitrogens with zero attached hydrogens (tertiary/aromatic N) is 1. The number of anilines is 1. The third kappa shape index (κ3) is 3.45. The molecule has 0 saturated carbocycles. The lowest BCUT2D eigenvalue weighted by molar-refractivity contribution is -0.137. The standard InChI is InChI=1S/C17H12F3N3O/c18-17(19,20)13-3-1-2-12(8-13)16(24)23-14-6-4-11(5-7-14)15-9-21-10-22-15/h1-10H,(H,21,22)(H,23,24). The molecule has 0 aliphatic rings. The predicted molar refractivity (Wildman–Crippen MR) is 83.4 cm³/mol. The number of hydrogen-bond donors (Lipinski definition) is 2. The molecule has 1 heterocycles. The first-order valence-corrected chi connectivity index (χ1v) is 7.01. The van der Waals surface area contributed by atoms with Gasteiger partial charge in [0.15, 0.2) is 0 Å². The Balaban J connectivity index is 1.75. The fraction of sp³-hybridized carbons (Fsp3) is 0.0588. The van der Waals surface area contributed by atoms with E-state index in [1.54, 1.807) is 36.8 Å². The maximum atomic E-state index is 12.7. The summed E-state index contributed by atoms with van der Waals surface area (Å²) in [5, 5.41) is 2.58. The fourth-order valence-corrected chi connectivity index (χ4v) is 2.19. The zero-order chi connectivity index (χ0) is 17.2. The van der Waals surface area contributed by atoms with Gasteiger partial charge in [-0.25, -0.2) is 4.98 Å². The number of rotatable bonds is 3. The number of hydrogen-bond acceptors (Lipinski definition) is 2. The van der Waals surface area contributed by atoms with Crippen molar-refractivity contribution in [1.29, 1.82) is 0 Å². The smallest absolute Gasteiger partial charge is 0.345 e. The Hall–Kier alpha value is -3.09. The van der Waals surface area contributed by atoms with Crippen LogP contribution in [-0.4, -0.2) is 15.9 Å². The number of halogens is 3. The Morgan fingerprint density at radius 3 is 2.46 bits per heavy atom. The Kier molecular flexibility index (Phi) is 4.07. The maximum Gasteiger partial charge on any atom is 0.416 e. The molecule has 0 saturated heterocycles. The summed E-state index contributed by atoms with van der Waals surface area (Å²) < 4.78 is 38.1. The van der Waals surface area contributed by atoms with Gasteiger partial charge in [0.1, 0.15) is 0 Å². The molecule has 24 heavy (non-hydrogen) atoms. The molecule has 0 spiro atoms. The van der Waals surface area contributed by atoms with Crippen LogP contribution in [-0.2, 0) is 6.18 Å². The molecule has 0 radical (unpaired) electrons. The minimum Gasteiger partial charge on any atom is -0.345 e. The van der Waals surface area contributed by atoms with Crippen LogP contribution < -0.4 is 5.32 Å². The van der Waals surface area contributed by atoms with Crippen molar-refractivity contribution in [2.45, 2.75) is 6.18 Å². The quantitative estimate of drug-likeness (QED) is 0.750. The van der Waals surface area contributed by atoms with E-state index in [1.807, 2.05) is 0 Å². The van der Waals surface area contributed by atoms with Crippen molar-refractivity contribution in [1.82, 2.24) is 9.97 Å². The van der Waals surface area contributed by atoms with Gasteiger partial charge in [-0.1, -0.05) is 18.2 Å². The number of nitrogens with one attached hydrogen (secondary N) is 2. The molecule has 0 fully saturated rings. The summed E-state index contributed by atoms with van der Waals surface area (Å²) in [6.07, 6.45) is -1.27. The summed E-state index contributed by atoms with van der Waals surface area (Å²) >= 11 is 0. The molecule has 1 aromatic heterocycles. The molecular weight excluding hydrogens is 319 g/mol. The molecule has 0 unspecified atom stereocenters. The molecule has 2 N–H and O–H groups in total. The van der Waals surface area contributed by atoms with Gasteiger partial charge in [0.2, 0.25) is 0 Å². The van der Waals surface area contributed by atoms with E-state index in [4.69, 9.17) is 0 Å². The normalized spacial score (nSPS) is 11.3. The number of carbonyl (C=O) groups excluding carboxylic acids is 1. The number of aromatic nitrogens is 2. The van der Waals surface area contributed by atoms with E-state index in [2.05, 4.69) is 15.3 Å². The van der Waals surface area contributed by atoms with Gasteiger partial charge in [-0.15, -0.1) is 0 Å². The first-order chi connectivity index (χ1) is 11.4. The van der Waals surface area contributed by atoms with Gasteiger partial charge in [-0.2, -0.15) is 13.2 Å². The van der Waals surface area contributed by atoms with Gasteiger partial charge in [-0.05, 0) is 35.9 Å². The molecule has 0 bridgehead atoms. The van der Waals surface area contributed by atoms with E-state index in [1.165, 1.54) is 12.1 Å². The number of benzene rings is 2. The molecule has 122 valence electrons. The van der Waals surface area contributed by atoms with Crippen LogP contribution in [0.2, 0.25) is 0 Å². The van der Waals surface area contributed by atoms with Gasteiger partial charge in [0.25, 0.3) is 5.91 Å². The van der Waals surface area contributed by atoms with Crippen LogP contribution >= 0.6 is 0 Å². The average Bonchev–Trinajstić information content (AvgIpc) is 3.09. The monoisotopic (exact) mass is 331 g/mol. The third-order valence-electron chi connectivity index (χ3n) is 3.40. The van der Waals surface area contributed by atoms with Gasteiger partial charge < -0.3 is 10.3 Å². The number of carbonyl (C=O) groups is 1. The van der Waals surface area contributed by atoms with E-state index in [0.29, 0.717) is 5.69 Å². The van der Waals surface area contributed by atoms with Crippen LogP contribution in [0.15, 0.2) is 61.1 Å². The summed E-state index contributed by atoms with van der Waals surface area (Å²) in [6.45, 7) is 0. The van der Waals surface area contributed by atoms with Crippen LogP contribution in [0.5, 0.6) is 0 Å². The van der Waals surface area contributed by atoms with Crippen LogP contribution in [0.3, 0.4) is 0 Å². The van der Waals surface area contributed by atoms with E-state index in [-0.39, 0.29) is 5.56 Å². The van der Waals surface area contributed by atoms with Crippen molar-refractivity contribution in [3.63, 3.8) is 0 Å². The Morgan fingerprint density at radius 1 is 1.08 bits per heavy atom. The molecule has 2 aromatic carbocycles. The highest BCUT2D eigenvalue weighted by Gasteiger charge is 2.30. The van der Waals surface area contributed by atoms with Gasteiger partial charge in [-0.3, -0.25) is 4.79 Å². The second-order valence-corrected chi connectivity index (χ2v) is 5.08. The molecule has 3 rings (SSSR count). The minimum atomic E-state index is -4.48. The highest BCUT2D eigenvalue weighted by atomic mass is 19.4. The van der Waals surface area contributed by atoms with E-state index in [9.17, 15) is 18.0 Å². The zero-order valence-electron chi connectivity index (χ0n) is 12.3. The van der Waals surface area contributed by atoms with Crippen molar-refractivity contribution >= 4 is 11.6 Å². The van der Waals surface area contributed by atoms with Crippen molar-refractivity contribution in [3.05, 3.63) is 72.2 Å². The molecule has 0 aliphatic carbocycles. The van der Waals surface area contributed by atoms with Crippen molar-refractivity contribution in [2.24, 2.45) is 0 Å². The van der Waals surface area contributed by atoms with Gasteiger partial charge in [0.05, 0.1) is 23.8 Å². The fourth-order valence-electron chi connectivity index (χ4n) is 2.19. The van der Waals surface area contributed by atoms with Gasteiger partial charge in [0, 0.05) is 11.3 Å². The number of H-pyrrole nitrogens is 1. The average molecular weight is 331 g/mol. The minimum absolute atomic E-state index is 0.0533. The second kappa shape index (κ2) is 6.19. The van der Waals surface area contributed by atoms with E-state index in [0.717, 1.165) is 23.4 Å². The first-order valence-electron chi connectivity index (χ1n) is 7.01. The summed E-state index contributed by atoms with van der Waals surface area (Å²) in [5.74, 6) is -0.601. The SMILES string of the molecule is O=C(Nc1ccc(-c2cnc[nH]2)cc1)c1cccc(C(F)(F)F)c1. The predicted octanol–water partition coefficient (Wildman–Crippen LogP) is 4.35. The molecule has 0 aliphatic heterocycles. The van der Waals surface area contributed by atoms with Crippen molar-refractivity contribution in [3.8, 4) is 11.3 Å². The largest absolute Gasteiger partial charge is 0.416 e. The van der Waals surface area contributed by atoms with Crippen LogP contribution in [0.25, 0.3) is 11.3 Å². The molecule has 4 nitrogen and oxygen atoms in total. The molecule has 1 amide bonds. The topological polar surface area (TPSA) is 57.8 Å². The second-order valence-electron chi connectivity index (χ2n) is 5.08. The lowest BCUT2D eigenvalue weighted by Gasteiger charge is -2.09. The van der Waals surface area contributed by atoms with Gasteiger partial charge >= 0.3 is 6.18 Å². The molecule has 7 heteroatoms. The van der Waals surface area contributed by atoms with E-state index >= 15 is 0 Å². The zero-order valence-corrected chi connectivity index (χ0v) is 12.3. The summed E-state index contributed by atoms with van der Waals surface area (Å²) in [7, 11) is 0. The van der Waals surface area contributed by atoms with Crippen LogP contribution in [0.1, 0.15) is 15.9 Å². The first kappa shape index (κ1) is 15.8. The Labute approximate surface area is 135 Å². The number of alkyl halides is 3. The maximum absolute atomic E-state index is 12.7. The highest BCUT2D eigenvalue weighted by molar-refractivity contribution is 6.04. The Bertz CT molecular complexity index is 840. The number of imidazole rings is 1.